The molecule has 3 aromatic heterocycles. The molecule has 1 aliphatic carbocycles. The van der Waals surface area contributed by atoms with Crippen LogP contribution in [0.5, 0.6) is 0 Å². The van der Waals surface area contributed by atoms with E-state index in [0.717, 1.165) is 47.1 Å². The van der Waals surface area contributed by atoms with E-state index >= 15 is 0 Å². The van der Waals surface area contributed by atoms with E-state index in [1.54, 1.807) is 12.4 Å². The number of imidazole rings is 1. The quantitative estimate of drug-likeness (QED) is 0.334. The van der Waals surface area contributed by atoms with Gasteiger partial charge in [-0.05, 0) is 59.5 Å². The highest BCUT2D eigenvalue weighted by molar-refractivity contribution is 5.94. The van der Waals surface area contributed by atoms with Crippen LogP contribution in [0.3, 0.4) is 0 Å². The van der Waals surface area contributed by atoms with E-state index in [9.17, 15) is 4.79 Å². The summed E-state index contributed by atoms with van der Waals surface area (Å²) in [4.78, 5) is 22.0. The second-order valence-corrected chi connectivity index (χ2v) is 9.73. The molecule has 3 heterocycles. The number of carbonyl (C=O) groups is 1. The third-order valence-electron chi connectivity index (χ3n) is 7.06. The lowest BCUT2D eigenvalue weighted by atomic mass is 10.0. The van der Waals surface area contributed by atoms with E-state index in [1.807, 2.05) is 48.3 Å². The number of nitrogens with zero attached hydrogens (tertiary/aromatic N) is 5. The summed E-state index contributed by atoms with van der Waals surface area (Å²) >= 11 is 0. The van der Waals surface area contributed by atoms with Gasteiger partial charge in [0.25, 0.3) is 5.91 Å². The molecule has 1 saturated carbocycles. The Labute approximate surface area is 215 Å². The topological polar surface area (TPSA) is 104 Å². The molecule has 1 fully saturated rings. The lowest BCUT2D eigenvalue weighted by molar-refractivity contribution is 0.0946. The maximum absolute atomic E-state index is 13.1. The highest BCUT2D eigenvalue weighted by Crippen LogP contribution is 2.39. The number of benzene rings is 2. The zero-order chi connectivity index (χ0) is 25.4. The average molecular weight is 492 g/mol. The van der Waals surface area contributed by atoms with Gasteiger partial charge in [-0.2, -0.15) is 5.10 Å². The molecule has 8 nitrogen and oxygen atoms in total. The molecule has 0 atom stereocenters. The zero-order valence-corrected chi connectivity index (χ0v) is 20.8. The van der Waals surface area contributed by atoms with Crippen molar-refractivity contribution >= 4 is 22.5 Å². The summed E-state index contributed by atoms with van der Waals surface area (Å²) in [5.74, 6) is 1.78. The molecule has 1 amide bonds. The van der Waals surface area contributed by atoms with Gasteiger partial charge in [0, 0.05) is 49.2 Å². The van der Waals surface area contributed by atoms with Gasteiger partial charge in [-0.3, -0.25) is 9.48 Å². The maximum atomic E-state index is 13.1. The fourth-order valence-electron chi connectivity index (χ4n) is 4.79. The minimum absolute atomic E-state index is 0.163. The second-order valence-electron chi connectivity index (χ2n) is 9.73. The fraction of sp³-hybridized carbons (Fsp3) is 0.241. The van der Waals surface area contributed by atoms with E-state index in [0.29, 0.717) is 30.5 Å². The molecule has 0 saturated heterocycles. The third-order valence-corrected chi connectivity index (χ3v) is 7.06. The Hall–Kier alpha value is -4.46. The molecular formula is C29H29N7O. The highest BCUT2D eigenvalue weighted by Gasteiger charge is 2.30. The Morgan fingerprint density at radius 2 is 1.81 bits per heavy atom. The molecule has 8 heteroatoms. The van der Waals surface area contributed by atoms with Crippen LogP contribution in [0.25, 0.3) is 10.8 Å². The van der Waals surface area contributed by atoms with Crippen molar-refractivity contribution in [2.75, 3.05) is 5.73 Å². The van der Waals surface area contributed by atoms with Crippen molar-refractivity contribution in [2.45, 2.75) is 45.3 Å². The van der Waals surface area contributed by atoms with Crippen molar-refractivity contribution < 1.29 is 4.79 Å². The molecule has 0 bridgehead atoms. The first-order valence-electron chi connectivity index (χ1n) is 12.6. The van der Waals surface area contributed by atoms with Gasteiger partial charge in [-0.15, -0.1) is 0 Å². The van der Waals surface area contributed by atoms with Crippen molar-refractivity contribution in [3.05, 3.63) is 107 Å². The van der Waals surface area contributed by atoms with Gasteiger partial charge in [0.1, 0.15) is 17.3 Å². The first-order valence-corrected chi connectivity index (χ1v) is 12.6. The van der Waals surface area contributed by atoms with Gasteiger partial charge in [0.2, 0.25) is 0 Å². The molecule has 2 aromatic carbocycles. The smallest absolute Gasteiger partial charge is 0.271 e. The van der Waals surface area contributed by atoms with Crippen LogP contribution in [0, 0.1) is 6.92 Å². The number of aromatic nitrogens is 5. The number of hydrogen-bond donors (Lipinski definition) is 2. The normalized spacial score (nSPS) is 13.2. The van der Waals surface area contributed by atoms with Crippen LogP contribution in [0.2, 0.25) is 0 Å². The number of hydrogen-bond acceptors (Lipinski definition) is 5. The number of carbonyl (C=O) groups excluding carboxylic acids is 1. The predicted molar refractivity (Wildman–Crippen MR) is 143 cm³/mol. The van der Waals surface area contributed by atoms with Gasteiger partial charge in [0.15, 0.2) is 0 Å². The minimum Gasteiger partial charge on any atom is -0.383 e. The first-order chi connectivity index (χ1) is 18.0. The zero-order valence-electron chi connectivity index (χ0n) is 20.8. The van der Waals surface area contributed by atoms with Crippen molar-refractivity contribution in [3.63, 3.8) is 0 Å². The number of fused-ring (bicyclic) bond motifs is 1. The monoisotopic (exact) mass is 491 g/mol. The summed E-state index contributed by atoms with van der Waals surface area (Å²) in [7, 11) is 0. The molecular weight excluding hydrogens is 462 g/mol. The number of amides is 1. The summed E-state index contributed by atoms with van der Waals surface area (Å²) in [5, 5.41) is 9.31. The SMILES string of the molecule is Cc1c(CNC(=O)c2cn(Cc3ccc(Cn4cccn4)cc3)c(C3CC3)n2)ccc2c(N)nccc12. The van der Waals surface area contributed by atoms with Crippen LogP contribution in [0.1, 0.15) is 57.3 Å². The van der Waals surface area contributed by atoms with Crippen molar-refractivity contribution in [3.8, 4) is 0 Å². The minimum atomic E-state index is -0.163. The van der Waals surface area contributed by atoms with Crippen molar-refractivity contribution in [1.82, 2.24) is 29.6 Å². The fourth-order valence-corrected chi connectivity index (χ4v) is 4.79. The van der Waals surface area contributed by atoms with Crippen LogP contribution < -0.4 is 11.1 Å². The third kappa shape index (κ3) is 4.82. The largest absolute Gasteiger partial charge is 0.383 e. The number of pyridine rings is 1. The van der Waals surface area contributed by atoms with Crippen LogP contribution in [-0.2, 0) is 19.6 Å². The first kappa shape index (κ1) is 23.0. The van der Waals surface area contributed by atoms with Crippen LogP contribution in [-0.4, -0.2) is 30.2 Å². The molecule has 3 N–H and O–H groups in total. The van der Waals surface area contributed by atoms with E-state index < -0.39 is 0 Å². The molecule has 6 rings (SSSR count). The number of anilines is 1. The Bertz CT molecular complexity index is 1560. The molecule has 0 unspecified atom stereocenters. The van der Waals surface area contributed by atoms with Gasteiger partial charge in [-0.25, -0.2) is 9.97 Å². The number of rotatable bonds is 8. The Kier molecular flexibility index (Phi) is 5.92. The maximum Gasteiger partial charge on any atom is 0.271 e. The van der Waals surface area contributed by atoms with Crippen molar-refractivity contribution in [1.29, 1.82) is 0 Å². The Morgan fingerprint density at radius 1 is 1.03 bits per heavy atom. The summed E-state index contributed by atoms with van der Waals surface area (Å²) in [6.07, 6.45) is 9.59. The Morgan fingerprint density at radius 3 is 2.54 bits per heavy atom. The molecule has 186 valence electrons. The van der Waals surface area contributed by atoms with Crippen molar-refractivity contribution in [2.24, 2.45) is 0 Å². The van der Waals surface area contributed by atoms with Crippen LogP contribution >= 0.6 is 0 Å². The van der Waals surface area contributed by atoms with E-state index in [4.69, 9.17) is 10.7 Å². The average Bonchev–Trinajstić information content (AvgIpc) is 3.45. The number of nitrogen functional groups attached to an aromatic ring is 1. The standard InChI is InChI=1S/C29H29N7O/c1-19-23(9-10-25-24(19)11-13-31-27(25)30)15-32-29(37)26-18-35(28(34-26)22-7-8-22)16-20-3-5-21(6-4-20)17-36-14-2-12-33-36/h2-6,9-14,18,22H,7-8,15-17H2,1H3,(H2,30,31)(H,32,37). The van der Waals surface area contributed by atoms with Gasteiger partial charge in [-0.1, -0.05) is 36.4 Å². The summed E-state index contributed by atoms with van der Waals surface area (Å²) in [5.41, 5.74) is 11.0. The van der Waals surface area contributed by atoms with E-state index in [-0.39, 0.29) is 5.91 Å². The summed E-state index contributed by atoms with van der Waals surface area (Å²) in [6.45, 7) is 3.90. The van der Waals surface area contributed by atoms with Gasteiger partial charge < -0.3 is 15.6 Å². The van der Waals surface area contributed by atoms with Gasteiger partial charge >= 0.3 is 0 Å². The lowest BCUT2D eigenvalue weighted by Gasteiger charge is -2.11. The number of nitrogens with two attached hydrogens (primary N) is 1. The van der Waals surface area contributed by atoms with Crippen LogP contribution in [0.15, 0.2) is 73.3 Å². The summed E-state index contributed by atoms with van der Waals surface area (Å²) < 4.78 is 4.04. The predicted octanol–water partition coefficient (Wildman–Crippen LogP) is 4.42. The summed E-state index contributed by atoms with van der Waals surface area (Å²) in [6, 6.07) is 16.4. The highest BCUT2D eigenvalue weighted by atomic mass is 16.1. The van der Waals surface area contributed by atoms with E-state index in [1.165, 1.54) is 11.1 Å². The molecule has 0 aliphatic heterocycles. The molecule has 37 heavy (non-hydrogen) atoms. The molecule has 1 aliphatic rings. The number of nitrogens with one attached hydrogen (secondary N) is 1. The lowest BCUT2D eigenvalue weighted by Crippen LogP contribution is -2.23. The second kappa shape index (κ2) is 9.54. The van der Waals surface area contributed by atoms with E-state index in [2.05, 4.69) is 44.2 Å². The Balaban J connectivity index is 1.16. The molecule has 5 aromatic rings. The van der Waals surface area contributed by atoms with Crippen LogP contribution in [0.4, 0.5) is 5.82 Å². The molecule has 0 spiro atoms. The molecule has 0 radical (unpaired) electrons. The van der Waals surface area contributed by atoms with Gasteiger partial charge in [0.05, 0.1) is 6.54 Å². The number of aryl methyl sites for hydroxylation is 1.